The van der Waals surface area contributed by atoms with Gasteiger partial charge in [0.2, 0.25) is 10.0 Å². The summed E-state index contributed by atoms with van der Waals surface area (Å²) in [5, 5.41) is 0.317. The van der Waals surface area contributed by atoms with Crippen molar-refractivity contribution >= 4 is 61.8 Å². The van der Waals surface area contributed by atoms with E-state index >= 15 is 0 Å². The third-order valence-corrected chi connectivity index (χ3v) is 7.40. The zero-order valence-corrected chi connectivity index (χ0v) is 19.4. The summed E-state index contributed by atoms with van der Waals surface area (Å²) in [6.07, 6.45) is 0. The molecule has 7 nitrogen and oxygen atoms in total. The van der Waals surface area contributed by atoms with Crippen molar-refractivity contribution in [1.29, 1.82) is 0 Å². The summed E-state index contributed by atoms with van der Waals surface area (Å²) in [7, 11) is -0.678. The number of hydrogen-bond acceptors (Lipinski definition) is 5. The maximum Gasteiger partial charge on any atom is 0.341 e. The molecule has 30 heavy (non-hydrogen) atoms. The molecular formula is C19H18Cl3N3O4S. The molecule has 0 amide bonds. The van der Waals surface area contributed by atoms with E-state index in [0.29, 0.717) is 17.9 Å². The zero-order chi connectivity index (χ0) is 22.2. The van der Waals surface area contributed by atoms with Crippen molar-refractivity contribution in [3.63, 3.8) is 0 Å². The maximum atomic E-state index is 12.5. The number of benzene rings is 2. The molecule has 0 aliphatic carbocycles. The van der Waals surface area contributed by atoms with Gasteiger partial charge in [0.25, 0.3) is 0 Å². The third-order valence-electron chi connectivity index (χ3n) is 4.47. The second-order valence-corrected chi connectivity index (χ2v) is 9.85. The molecule has 1 aromatic heterocycles. The number of carbonyl (C=O) groups excluding carboxylic acids is 1. The van der Waals surface area contributed by atoms with Gasteiger partial charge in [-0.05, 0) is 37.3 Å². The number of halogens is 3. The number of ether oxygens (including phenoxy) is 1. The highest BCUT2D eigenvalue weighted by Gasteiger charge is 2.22. The second kappa shape index (κ2) is 8.72. The van der Waals surface area contributed by atoms with Gasteiger partial charge in [0, 0.05) is 20.6 Å². The predicted octanol–water partition coefficient (Wildman–Crippen LogP) is 4.62. The van der Waals surface area contributed by atoms with Crippen molar-refractivity contribution in [3.8, 4) is 0 Å². The smallest absolute Gasteiger partial charge is 0.341 e. The Balaban J connectivity index is 1.93. The molecule has 0 spiro atoms. The van der Waals surface area contributed by atoms with Crippen LogP contribution in [0, 0.1) is 0 Å². The van der Waals surface area contributed by atoms with Crippen LogP contribution in [0.5, 0.6) is 0 Å². The average molecular weight is 491 g/mol. The second-order valence-electron chi connectivity index (χ2n) is 6.50. The van der Waals surface area contributed by atoms with Gasteiger partial charge in [0.05, 0.1) is 36.6 Å². The molecule has 160 valence electrons. The summed E-state index contributed by atoms with van der Waals surface area (Å²) >= 11 is 18.1. The Bertz CT molecular complexity index is 1240. The number of nitrogens with zero attached hydrogens (tertiary/aromatic N) is 3. The van der Waals surface area contributed by atoms with Crippen molar-refractivity contribution in [2.45, 2.75) is 25.0 Å². The molecule has 0 aliphatic rings. The van der Waals surface area contributed by atoms with Gasteiger partial charge in [-0.1, -0.05) is 34.8 Å². The normalized spacial score (nSPS) is 12.0. The van der Waals surface area contributed by atoms with E-state index in [9.17, 15) is 13.2 Å². The molecule has 1 heterocycles. The zero-order valence-electron chi connectivity index (χ0n) is 16.3. The van der Waals surface area contributed by atoms with Crippen molar-refractivity contribution in [3.05, 3.63) is 56.8 Å². The molecule has 0 N–H and O–H groups in total. The molecule has 3 rings (SSSR count). The molecule has 0 saturated heterocycles. The fraction of sp³-hybridized carbons (Fsp3) is 0.263. The Hall–Kier alpha value is -1.84. The summed E-state index contributed by atoms with van der Waals surface area (Å²) in [6.45, 7) is 2.29. The Kier molecular flexibility index (Phi) is 6.64. The van der Waals surface area contributed by atoms with Crippen LogP contribution in [0.1, 0.15) is 23.1 Å². The lowest BCUT2D eigenvalue weighted by Crippen LogP contribution is -2.22. The van der Waals surface area contributed by atoms with Gasteiger partial charge in [-0.15, -0.1) is 0 Å². The molecule has 0 fully saturated rings. The van der Waals surface area contributed by atoms with E-state index in [1.54, 1.807) is 6.07 Å². The van der Waals surface area contributed by atoms with E-state index in [1.807, 2.05) is 11.5 Å². The van der Waals surface area contributed by atoms with Gasteiger partial charge in [0.15, 0.2) is 0 Å². The summed E-state index contributed by atoms with van der Waals surface area (Å²) in [6, 6.07) is 7.64. The van der Waals surface area contributed by atoms with Gasteiger partial charge in [-0.2, -0.15) is 0 Å². The number of fused-ring (bicyclic) bond motifs is 1. The minimum atomic E-state index is -3.60. The van der Waals surface area contributed by atoms with E-state index in [0.717, 1.165) is 9.82 Å². The number of rotatable bonds is 6. The number of esters is 1. The Morgan fingerprint density at radius 1 is 1.13 bits per heavy atom. The Labute approximate surface area is 189 Å². The van der Waals surface area contributed by atoms with Crippen LogP contribution in [0.4, 0.5) is 0 Å². The first-order valence-electron chi connectivity index (χ1n) is 8.80. The van der Waals surface area contributed by atoms with Gasteiger partial charge < -0.3 is 9.30 Å². The fourth-order valence-electron chi connectivity index (χ4n) is 2.91. The van der Waals surface area contributed by atoms with E-state index in [1.165, 1.54) is 38.4 Å². The standard InChI is InChI=1S/C19H18Cl3N3O4S/c1-4-25-15-8-5-11(30(27,28)24(2)3)9-14(15)23-16(25)10-29-19(26)17-12(20)6-7-13(21)18(17)22/h5-9H,4,10H2,1-3H3. The Morgan fingerprint density at radius 3 is 2.43 bits per heavy atom. The Morgan fingerprint density at radius 2 is 1.80 bits per heavy atom. The van der Waals surface area contributed by atoms with Crippen molar-refractivity contribution in [2.75, 3.05) is 14.1 Å². The van der Waals surface area contributed by atoms with Crippen molar-refractivity contribution in [2.24, 2.45) is 0 Å². The van der Waals surface area contributed by atoms with Crippen molar-refractivity contribution in [1.82, 2.24) is 13.9 Å². The van der Waals surface area contributed by atoms with Gasteiger partial charge in [-0.3, -0.25) is 0 Å². The number of aromatic nitrogens is 2. The number of hydrogen-bond donors (Lipinski definition) is 0. The third kappa shape index (κ3) is 4.15. The molecule has 2 aromatic carbocycles. The molecule has 0 aliphatic heterocycles. The van der Waals surface area contributed by atoms with E-state index in [2.05, 4.69) is 4.98 Å². The monoisotopic (exact) mass is 489 g/mol. The van der Waals surface area contributed by atoms with Crippen LogP contribution >= 0.6 is 34.8 Å². The minimum Gasteiger partial charge on any atom is -0.454 e. The highest BCUT2D eigenvalue weighted by Crippen LogP contribution is 2.32. The van der Waals surface area contributed by atoms with Crippen LogP contribution < -0.4 is 0 Å². The molecule has 0 bridgehead atoms. The minimum absolute atomic E-state index is 0.0108. The van der Waals surface area contributed by atoms with E-state index in [-0.39, 0.29) is 32.1 Å². The number of imidazole rings is 1. The van der Waals surface area contributed by atoms with E-state index in [4.69, 9.17) is 39.5 Å². The first-order valence-corrected chi connectivity index (χ1v) is 11.4. The van der Waals surface area contributed by atoms with Crippen LogP contribution in [-0.2, 0) is 27.9 Å². The summed E-state index contributed by atoms with van der Waals surface area (Å²) in [5.41, 5.74) is 1.18. The quantitative estimate of drug-likeness (QED) is 0.372. The first kappa shape index (κ1) is 22.8. The molecule has 3 aromatic rings. The molecular weight excluding hydrogens is 473 g/mol. The van der Waals surface area contributed by atoms with Crippen LogP contribution in [0.25, 0.3) is 11.0 Å². The van der Waals surface area contributed by atoms with E-state index < -0.39 is 16.0 Å². The lowest BCUT2D eigenvalue weighted by molar-refractivity contribution is 0.0459. The SMILES string of the molecule is CCn1c(COC(=O)c2c(Cl)ccc(Cl)c2Cl)nc2cc(S(=O)(=O)N(C)C)ccc21. The topological polar surface area (TPSA) is 81.5 Å². The number of sulfonamides is 1. The molecule has 0 atom stereocenters. The largest absolute Gasteiger partial charge is 0.454 e. The summed E-state index contributed by atoms with van der Waals surface area (Å²) < 4.78 is 33.1. The average Bonchev–Trinajstić information content (AvgIpc) is 3.06. The van der Waals surface area contributed by atoms with Gasteiger partial charge >= 0.3 is 5.97 Å². The van der Waals surface area contributed by atoms with Crippen LogP contribution in [0.3, 0.4) is 0 Å². The molecule has 0 saturated carbocycles. The highest BCUT2D eigenvalue weighted by molar-refractivity contribution is 7.89. The molecule has 0 unspecified atom stereocenters. The van der Waals surface area contributed by atoms with Gasteiger partial charge in [0.1, 0.15) is 12.4 Å². The fourth-order valence-corrected chi connectivity index (χ4v) is 4.51. The highest BCUT2D eigenvalue weighted by atomic mass is 35.5. The predicted molar refractivity (Wildman–Crippen MR) is 117 cm³/mol. The lowest BCUT2D eigenvalue weighted by Gasteiger charge is -2.11. The lowest BCUT2D eigenvalue weighted by atomic mass is 10.2. The van der Waals surface area contributed by atoms with Crippen LogP contribution in [-0.4, -0.2) is 42.3 Å². The van der Waals surface area contributed by atoms with Crippen LogP contribution in [0.15, 0.2) is 35.2 Å². The number of carbonyl (C=O) groups is 1. The maximum absolute atomic E-state index is 12.5. The van der Waals surface area contributed by atoms with Crippen molar-refractivity contribution < 1.29 is 17.9 Å². The summed E-state index contributed by atoms with van der Waals surface area (Å²) in [4.78, 5) is 17.1. The summed E-state index contributed by atoms with van der Waals surface area (Å²) in [5.74, 6) is -0.285. The first-order chi connectivity index (χ1) is 14.1. The van der Waals surface area contributed by atoms with Gasteiger partial charge in [-0.25, -0.2) is 22.5 Å². The molecule has 0 radical (unpaired) electrons. The number of aryl methyl sites for hydroxylation is 1. The van der Waals surface area contributed by atoms with Crippen LogP contribution in [0.2, 0.25) is 15.1 Å². The molecule has 11 heteroatoms.